The Morgan fingerprint density at radius 1 is 1.00 bits per heavy atom. The molecule has 1 aliphatic rings. The molecule has 0 aliphatic heterocycles. The van der Waals surface area contributed by atoms with Crippen molar-refractivity contribution in [3.05, 3.63) is 65.2 Å². The number of hydrogen-bond acceptors (Lipinski definition) is 3. The van der Waals surface area contributed by atoms with Crippen molar-refractivity contribution in [3.63, 3.8) is 0 Å². The molecular weight excluding hydrogens is 334 g/mol. The lowest BCUT2D eigenvalue weighted by Crippen LogP contribution is -2.05. The summed E-state index contributed by atoms with van der Waals surface area (Å²) in [7, 11) is -3.30. The van der Waals surface area contributed by atoms with Crippen LogP contribution in [0.25, 0.3) is 11.1 Å². The Kier molecular flexibility index (Phi) is 4.27. The van der Waals surface area contributed by atoms with Crippen LogP contribution in [-0.4, -0.2) is 25.9 Å². The summed E-state index contributed by atoms with van der Waals surface area (Å²) in [6.45, 7) is 0. The third-order valence-electron chi connectivity index (χ3n) is 4.13. The zero-order chi connectivity index (χ0) is 17.5. The van der Waals surface area contributed by atoms with E-state index in [0.717, 1.165) is 23.5 Å². The molecule has 0 aromatic heterocycles. The van der Waals surface area contributed by atoms with Gasteiger partial charge in [0.25, 0.3) is 0 Å². The lowest BCUT2D eigenvalue weighted by molar-refractivity contribution is 0.231. The number of allylic oxidation sites excluding steroid dienone is 1. The number of halogens is 2. The molecule has 0 radical (unpaired) electrons. The van der Waals surface area contributed by atoms with Crippen molar-refractivity contribution >= 4 is 21.0 Å². The fourth-order valence-electron chi connectivity index (χ4n) is 3.04. The molecule has 3 nitrogen and oxygen atoms in total. The van der Waals surface area contributed by atoms with Crippen molar-refractivity contribution < 1.29 is 22.3 Å². The van der Waals surface area contributed by atoms with E-state index in [0.29, 0.717) is 24.0 Å². The standard InChI is InChI=1S/C18H16F2O3S/c1-24(22,23)15-4-2-11(3-5-15)16-6-7-17(21)18(16)12-8-13(19)10-14(20)9-12/h2-5,8-10,17,21H,6-7H2,1H3. The van der Waals surface area contributed by atoms with Crippen molar-refractivity contribution in [3.8, 4) is 0 Å². The van der Waals surface area contributed by atoms with Crippen molar-refractivity contribution in [1.29, 1.82) is 0 Å². The molecule has 24 heavy (non-hydrogen) atoms. The highest BCUT2D eigenvalue weighted by Crippen LogP contribution is 2.40. The van der Waals surface area contributed by atoms with Gasteiger partial charge in [0.15, 0.2) is 9.84 Å². The number of aliphatic hydroxyl groups excluding tert-OH is 1. The molecule has 0 amide bonds. The predicted octanol–water partition coefficient (Wildman–Crippen LogP) is 3.43. The average Bonchev–Trinajstić information content (AvgIpc) is 2.87. The van der Waals surface area contributed by atoms with Crippen molar-refractivity contribution in [1.82, 2.24) is 0 Å². The third-order valence-corrected chi connectivity index (χ3v) is 5.26. The Labute approximate surface area is 139 Å². The first-order valence-electron chi connectivity index (χ1n) is 7.44. The van der Waals surface area contributed by atoms with Gasteiger partial charge in [-0.3, -0.25) is 0 Å². The molecule has 0 saturated carbocycles. The minimum absolute atomic E-state index is 0.198. The second kappa shape index (κ2) is 6.11. The van der Waals surface area contributed by atoms with Crippen LogP contribution in [0.1, 0.15) is 24.0 Å². The van der Waals surface area contributed by atoms with E-state index in [4.69, 9.17) is 0 Å². The van der Waals surface area contributed by atoms with Crippen LogP contribution >= 0.6 is 0 Å². The largest absolute Gasteiger partial charge is 0.388 e. The van der Waals surface area contributed by atoms with Gasteiger partial charge >= 0.3 is 0 Å². The van der Waals surface area contributed by atoms with Gasteiger partial charge in [0, 0.05) is 12.3 Å². The minimum atomic E-state index is -3.30. The smallest absolute Gasteiger partial charge is 0.175 e. The predicted molar refractivity (Wildman–Crippen MR) is 88.0 cm³/mol. The lowest BCUT2D eigenvalue weighted by Gasteiger charge is -2.12. The summed E-state index contributed by atoms with van der Waals surface area (Å²) in [6, 6.07) is 9.46. The summed E-state index contributed by atoms with van der Waals surface area (Å²) in [6.07, 6.45) is 1.32. The van der Waals surface area contributed by atoms with Crippen LogP contribution in [0.5, 0.6) is 0 Å². The molecule has 2 aromatic carbocycles. The van der Waals surface area contributed by atoms with Crippen LogP contribution in [0.3, 0.4) is 0 Å². The Morgan fingerprint density at radius 3 is 2.12 bits per heavy atom. The second-order valence-corrected chi connectivity index (χ2v) is 7.92. The van der Waals surface area contributed by atoms with Gasteiger partial charge < -0.3 is 5.11 Å². The molecule has 0 heterocycles. The second-order valence-electron chi connectivity index (χ2n) is 5.90. The Hall–Kier alpha value is -2.05. The van der Waals surface area contributed by atoms with Crippen LogP contribution in [0.15, 0.2) is 47.4 Å². The Balaban J connectivity index is 2.11. The molecule has 3 rings (SSSR count). The summed E-state index contributed by atoms with van der Waals surface area (Å²) >= 11 is 0. The van der Waals surface area contributed by atoms with Crippen LogP contribution in [0, 0.1) is 11.6 Å². The fraction of sp³-hybridized carbons (Fsp3) is 0.222. The van der Waals surface area contributed by atoms with Gasteiger partial charge in [-0.1, -0.05) is 12.1 Å². The van der Waals surface area contributed by atoms with E-state index in [9.17, 15) is 22.3 Å². The van der Waals surface area contributed by atoms with Crippen molar-refractivity contribution in [2.45, 2.75) is 23.8 Å². The van der Waals surface area contributed by atoms with Crippen LogP contribution in [0.4, 0.5) is 8.78 Å². The summed E-state index contributed by atoms with van der Waals surface area (Å²) in [5, 5.41) is 10.2. The molecule has 0 bridgehead atoms. The third kappa shape index (κ3) is 3.25. The monoisotopic (exact) mass is 350 g/mol. The van der Waals surface area contributed by atoms with Crippen LogP contribution in [-0.2, 0) is 9.84 Å². The summed E-state index contributed by atoms with van der Waals surface area (Å²) in [5.41, 5.74) is 2.30. The molecule has 1 aliphatic carbocycles. The Bertz CT molecular complexity index is 896. The van der Waals surface area contributed by atoms with E-state index >= 15 is 0 Å². The topological polar surface area (TPSA) is 54.4 Å². The Morgan fingerprint density at radius 2 is 1.58 bits per heavy atom. The van der Waals surface area contributed by atoms with Gasteiger partial charge in [-0.2, -0.15) is 0 Å². The van der Waals surface area contributed by atoms with E-state index in [1.807, 2.05) is 0 Å². The zero-order valence-electron chi connectivity index (χ0n) is 13.0. The van der Waals surface area contributed by atoms with Gasteiger partial charge in [0.05, 0.1) is 11.0 Å². The maximum atomic E-state index is 13.5. The van der Waals surface area contributed by atoms with Gasteiger partial charge in [-0.05, 0) is 59.4 Å². The molecule has 126 valence electrons. The van der Waals surface area contributed by atoms with Gasteiger partial charge in [-0.25, -0.2) is 17.2 Å². The van der Waals surface area contributed by atoms with Crippen molar-refractivity contribution in [2.75, 3.05) is 6.26 Å². The van der Waals surface area contributed by atoms with E-state index in [1.54, 1.807) is 12.1 Å². The number of benzene rings is 2. The first kappa shape index (κ1) is 16.8. The molecule has 6 heteroatoms. The molecule has 0 spiro atoms. The fourth-order valence-corrected chi connectivity index (χ4v) is 3.67. The van der Waals surface area contributed by atoms with E-state index < -0.39 is 27.6 Å². The molecule has 1 unspecified atom stereocenters. The number of sulfone groups is 1. The summed E-state index contributed by atoms with van der Waals surface area (Å²) in [5.74, 6) is -1.41. The van der Waals surface area contributed by atoms with Gasteiger partial charge in [0.2, 0.25) is 0 Å². The molecular formula is C18H16F2O3S. The molecule has 0 saturated heterocycles. The quantitative estimate of drug-likeness (QED) is 0.923. The van der Waals surface area contributed by atoms with Crippen molar-refractivity contribution in [2.24, 2.45) is 0 Å². The van der Waals surface area contributed by atoms with E-state index in [2.05, 4.69) is 0 Å². The minimum Gasteiger partial charge on any atom is -0.388 e. The first-order chi connectivity index (χ1) is 11.3. The zero-order valence-corrected chi connectivity index (χ0v) is 13.8. The highest BCUT2D eigenvalue weighted by Gasteiger charge is 2.26. The first-order valence-corrected chi connectivity index (χ1v) is 9.33. The number of hydrogen-bond donors (Lipinski definition) is 1. The molecule has 0 fully saturated rings. The summed E-state index contributed by atoms with van der Waals surface area (Å²) < 4.78 is 50.1. The highest BCUT2D eigenvalue weighted by atomic mass is 32.2. The SMILES string of the molecule is CS(=O)(=O)c1ccc(C2=C(c3cc(F)cc(F)c3)C(O)CC2)cc1. The van der Waals surface area contributed by atoms with Gasteiger partial charge in [0.1, 0.15) is 11.6 Å². The van der Waals surface area contributed by atoms with E-state index in [-0.39, 0.29) is 4.90 Å². The normalized spacial score (nSPS) is 18.2. The summed E-state index contributed by atoms with van der Waals surface area (Å²) in [4.78, 5) is 0.198. The number of aliphatic hydroxyl groups is 1. The highest BCUT2D eigenvalue weighted by molar-refractivity contribution is 7.90. The maximum absolute atomic E-state index is 13.5. The average molecular weight is 350 g/mol. The lowest BCUT2D eigenvalue weighted by atomic mass is 9.96. The molecule has 1 atom stereocenters. The van der Waals surface area contributed by atoms with Crippen LogP contribution in [0.2, 0.25) is 0 Å². The van der Waals surface area contributed by atoms with Crippen LogP contribution < -0.4 is 0 Å². The molecule has 2 aromatic rings. The van der Waals surface area contributed by atoms with Gasteiger partial charge in [-0.15, -0.1) is 0 Å². The number of rotatable bonds is 3. The molecule has 1 N–H and O–H groups in total. The maximum Gasteiger partial charge on any atom is 0.175 e. The van der Waals surface area contributed by atoms with E-state index in [1.165, 1.54) is 24.3 Å².